The van der Waals surface area contributed by atoms with Gasteiger partial charge in [-0.15, -0.1) is 0 Å². The molecule has 8 heteroatoms. The number of carboxylic acids is 4. The maximum atomic E-state index is 10.7. The quantitative estimate of drug-likeness (QED) is 0.510. The zero-order valence-electron chi connectivity index (χ0n) is 11.3. The van der Waals surface area contributed by atoms with E-state index in [0.717, 1.165) is 0 Å². The summed E-state index contributed by atoms with van der Waals surface area (Å²) < 4.78 is 0. The van der Waals surface area contributed by atoms with Crippen LogP contribution < -0.4 is 0 Å². The topological polar surface area (TPSA) is 149 Å². The Morgan fingerprint density at radius 1 is 0.857 bits per heavy atom. The van der Waals surface area contributed by atoms with Gasteiger partial charge in [0.2, 0.25) is 0 Å². The minimum atomic E-state index is -1.08. The zero-order valence-corrected chi connectivity index (χ0v) is 11.3. The van der Waals surface area contributed by atoms with Crippen molar-refractivity contribution in [2.75, 3.05) is 0 Å². The molecule has 0 aromatic heterocycles. The van der Waals surface area contributed by atoms with Crippen molar-refractivity contribution in [1.29, 1.82) is 0 Å². The SMILES string of the molecule is O=C(O)CC(C(=O)O)C1CC=CC1.O=C(O)CCC(=O)O. The molecule has 0 amide bonds. The minimum Gasteiger partial charge on any atom is -0.481 e. The molecule has 0 radical (unpaired) electrons. The van der Waals surface area contributed by atoms with Crippen LogP contribution in [0, 0.1) is 11.8 Å². The molecule has 0 aromatic rings. The molecule has 0 fully saturated rings. The van der Waals surface area contributed by atoms with Crippen LogP contribution in [0.1, 0.15) is 32.1 Å². The average molecular weight is 302 g/mol. The summed E-state index contributed by atoms with van der Waals surface area (Å²) in [6.45, 7) is 0. The third-order valence-corrected chi connectivity index (χ3v) is 2.88. The van der Waals surface area contributed by atoms with Crippen molar-refractivity contribution in [3.63, 3.8) is 0 Å². The van der Waals surface area contributed by atoms with E-state index in [4.69, 9.17) is 20.4 Å². The van der Waals surface area contributed by atoms with Gasteiger partial charge in [-0.25, -0.2) is 0 Å². The fraction of sp³-hybridized carbons (Fsp3) is 0.538. The van der Waals surface area contributed by atoms with Crippen molar-refractivity contribution >= 4 is 23.9 Å². The second-order valence-electron chi connectivity index (χ2n) is 4.53. The Labute approximate surface area is 120 Å². The molecule has 21 heavy (non-hydrogen) atoms. The molecule has 1 aliphatic rings. The van der Waals surface area contributed by atoms with Gasteiger partial charge in [0.25, 0.3) is 0 Å². The highest BCUT2D eigenvalue weighted by atomic mass is 16.4. The molecular formula is C13H18O8. The molecule has 118 valence electrons. The monoisotopic (exact) mass is 302 g/mol. The molecule has 0 aromatic carbocycles. The molecule has 0 saturated heterocycles. The summed E-state index contributed by atoms with van der Waals surface area (Å²) in [6, 6.07) is 0. The van der Waals surface area contributed by atoms with E-state index in [2.05, 4.69) is 0 Å². The molecule has 0 bridgehead atoms. The largest absolute Gasteiger partial charge is 0.481 e. The molecule has 1 atom stereocenters. The van der Waals surface area contributed by atoms with Crippen molar-refractivity contribution in [2.45, 2.75) is 32.1 Å². The molecule has 8 nitrogen and oxygen atoms in total. The first-order valence-corrected chi connectivity index (χ1v) is 6.27. The van der Waals surface area contributed by atoms with Gasteiger partial charge in [-0.1, -0.05) is 12.2 Å². The van der Waals surface area contributed by atoms with Gasteiger partial charge in [0, 0.05) is 0 Å². The van der Waals surface area contributed by atoms with E-state index < -0.39 is 29.8 Å². The predicted octanol–water partition coefficient (Wildman–Crippen LogP) is 1.06. The van der Waals surface area contributed by atoms with E-state index in [1.807, 2.05) is 12.2 Å². The van der Waals surface area contributed by atoms with Crippen LogP contribution >= 0.6 is 0 Å². The van der Waals surface area contributed by atoms with Gasteiger partial charge in [0.1, 0.15) is 0 Å². The molecule has 1 unspecified atom stereocenters. The Hall–Kier alpha value is -2.38. The normalized spacial score (nSPS) is 14.9. The average Bonchev–Trinajstić information content (AvgIpc) is 2.87. The van der Waals surface area contributed by atoms with Crippen LogP contribution in [-0.4, -0.2) is 44.3 Å². The van der Waals surface area contributed by atoms with Gasteiger partial charge in [-0.05, 0) is 18.8 Å². The lowest BCUT2D eigenvalue weighted by atomic mass is 9.88. The van der Waals surface area contributed by atoms with E-state index in [-0.39, 0.29) is 25.2 Å². The highest BCUT2D eigenvalue weighted by Gasteiger charge is 2.30. The van der Waals surface area contributed by atoms with Crippen LogP contribution in [0.15, 0.2) is 12.2 Å². The van der Waals surface area contributed by atoms with Gasteiger partial charge in [-0.3, -0.25) is 19.2 Å². The lowest BCUT2D eigenvalue weighted by Gasteiger charge is -2.16. The smallest absolute Gasteiger partial charge is 0.307 e. The molecule has 4 N–H and O–H groups in total. The Morgan fingerprint density at radius 3 is 1.57 bits per heavy atom. The summed E-state index contributed by atoms with van der Waals surface area (Å²) >= 11 is 0. The Morgan fingerprint density at radius 2 is 1.29 bits per heavy atom. The van der Waals surface area contributed by atoms with Gasteiger partial charge in [-0.2, -0.15) is 0 Å². The summed E-state index contributed by atoms with van der Waals surface area (Å²) in [4.78, 5) is 40.4. The number of carboxylic acid groups (broad SMARTS) is 4. The summed E-state index contributed by atoms with van der Waals surface area (Å²) in [7, 11) is 0. The van der Waals surface area contributed by atoms with Gasteiger partial charge >= 0.3 is 23.9 Å². The predicted molar refractivity (Wildman–Crippen MR) is 69.7 cm³/mol. The molecule has 0 saturated carbocycles. The Bertz CT molecular complexity index is 404. The second-order valence-corrected chi connectivity index (χ2v) is 4.53. The van der Waals surface area contributed by atoms with E-state index >= 15 is 0 Å². The molecule has 0 heterocycles. The maximum Gasteiger partial charge on any atom is 0.307 e. The van der Waals surface area contributed by atoms with Crippen LogP contribution in [0.3, 0.4) is 0 Å². The van der Waals surface area contributed by atoms with Gasteiger partial charge < -0.3 is 20.4 Å². The van der Waals surface area contributed by atoms with Gasteiger partial charge in [0.05, 0.1) is 25.2 Å². The highest BCUT2D eigenvalue weighted by molar-refractivity contribution is 5.78. The summed E-state index contributed by atoms with van der Waals surface area (Å²) in [5.41, 5.74) is 0. The second kappa shape index (κ2) is 9.51. The van der Waals surface area contributed by atoms with E-state index in [0.29, 0.717) is 12.8 Å². The van der Waals surface area contributed by atoms with Crippen LogP contribution in [0.2, 0.25) is 0 Å². The zero-order chi connectivity index (χ0) is 16.4. The number of carbonyl (C=O) groups is 4. The maximum absolute atomic E-state index is 10.7. The molecule has 1 aliphatic carbocycles. The Kier molecular flexibility index (Phi) is 8.43. The van der Waals surface area contributed by atoms with Crippen molar-refractivity contribution < 1.29 is 39.6 Å². The van der Waals surface area contributed by atoms with E-state index in [1.54, 1.807) is 0 Å². The van der Waals surface area contributed by atoms with E-state index in [9.17, 15) is 19.2 Å². The summed E-state index contributed by atoms with van der Waals surface area (Å²) in [5, 5.41) is 33.1. The third-order valence-electron chi connectivity index (χ3n) is 2.88. The number of aliphatic carboxylic acids is 4. The number of hydrogen-bond donors (Lipinski definition) is 4. The van der Waals surface area contributed by atoms with Crippen LogP contribution in [0.25, 0.3) is 0 Å². The van der Waals surface area contributed by atoms with Crippen molar-refractivity contribution in [3.05, 3.63) is 12.2 Å². The fourth-order valence-electron chi connectivity index (χ4n) is 1.82. The van der Waals surface area contributed by atoms with Crippen molar-refractivity contribution in [1.82, 2.24) is 0 Å². The first-order valence-electron chi connectivity index (χ1n) is 6.27. The molecule has 0 spiro atoms. The standard InChI is InChI=1S/C9H12O4.C4H6O4/c10-8(11)5-7(9(12)13)6-3-1-2-4-6;5-3(6)1-2-4(7)8/h1-2,6-7H,3-5H2,(H,10,11)(H,12,13);1-2H2,(H,5,6)(H,7,8). The molecule has 0 aliphatic heterocycles. The minimum absolute atomic E-state index is 0.0337. The fourth-order valence-corrected chi connectivity index (χ4v) is 1.82. The highest BCUT2D eigenvalue weighted by Crippen LogP contribution is 2.28. The third kappa shape index (κ3) is 9.20. The molecular weight excluding hydrogens is 284 g/mol. The first kappa shape index (κ1) is 18.6. The summed E-state index contributed by atoms with van der Waals surface area (Å²) in [6.07, 6.45) is 4.31. The van der Waals surface area contributed by atoms with Gasteiger partial charge in [0.15, 0.2) is 0 Å². The summed E-state index contributed by atoms with van der Waals surface area (Å²) in [5.74, 6) is -4.98. The number of allylic oxidation sites excluding steroid dienone is 2. The van der Waals surface area contributed by atoms with Crippen molar-refractivity contribution in [2.24, 2.45) is 11.8 Å². The lowest BCUT2D eigenvalue weighted by Crippen LogP contribution is -2.24. The molecule has 1 rings (SSSR count). The Balaban J connectivity index is 0.000000433. The van der Waals surface area contributed by atoms with Crippen LogP contribution in [0.5, 0.6) is 0 Å². The lowest BCUT2D eigenvalue weighted by molar-refractivity contribution is -0.150. The van der Waals surface area contributed by atoms with Crippen LogP contribution in [-0.2, 0) is 19.2 Å². The van der Waals surface area contributed by atoms with E-state index in [1.165, 1.54) is 0 Å². The van der Waals surface area contributed by atoms with Crippen molar-refractivity contribution in [3.8, 4) is 0 Å². The number of hydrogen-bond acceptors (Lipinski definition) is 4. The first-order chi connectivity index (χ1) is 9.73. The van der Waals surface area contributed by atoms with Crippen LogP contribution in [0.4, 0.5) is 0 Å². The number of rotatable bonds is 7.